The number of rotatable bonds is 4. The van der Waals surface area contributed by atoms with Gasteiger partial charge in [0.1, 0.15) is 4.88 Å². The van der Waals surface area contributed by atoms with E-state index in [0.29, 0.717) is 17.4 Å². The maximum Gasteiger partial charge on any atom is 0.367 e. The highest BCUT2D eigenvalue weighted by atomic mass is 32.1. The molecule has 1 aliphatic rings. The van der Waals surface area contributed by atoms with Crippen LogP contribution in [0.5, 0.6) is 0 Å². The van der Waals surface area contributed by atoms with Crippen molar-refractivity contribution in [2.75, 3.05) is 6.61 Å². The molecule has 2 atom stereocenters. The van der Waals surface area contributed by atoms with E-state index in [1.165, 1.54) is 6.20 Å². The van der Waals surface area contributed by atoms with Gasteiger partial charge in [-0.3, -0.25) is 4.79 Å². The molecule has 0 aliphatic heterocycles. The minimum absolute atomic E-state index is 0.146. The Labute approximate surface area is 116 Å². The zero-order valence-electron chi connectivity index (χ0n) is 11.1. The van der Waals surface area contributed by atoms with Crippen LogP contribution in [0.2, 0.25) is 0 Å². The lowest BCUT2D eigenvalue weighted by atomic mass is 10.1. The lowest BCUT2D eigenvalue weighted by Crippen LogP contribution is -2.35. The summed E-state index contributed by atoms with van der Waals surface area (Å²) in [5, 5.41) is 3.24. The van der Waals surface area contributed by atoms with Crippen LogP contribution in [-0.4, -0.2) is 29.5 Å². The van der Waals surface area contributed by atoms with Crippen molar-refractivity contribution in [1.82, 2.24) is 10.3 Å². The van der Waals surface area contributed by atoms with Crippen LogP contribution in [0.25, 0.3) is 0 Å². The molecule has 0 bridgehead atoms. The number of aromatic nitrogens is 1. The third-order valence-electron chi connectivity index (χ3n) is 3.36. The minimum Gasteiger partial charge on any atom is -0.461 e. The molecule has 1 amide bonds. The van der Waals surface area contributed by atoms with E-state index in [0.717, 1.165) is 30.6 Å². The Bertz CT molecular complexity index is 472. The molecule has 1 saturated carbocycles. The van der Waals surface area contributed by atoms with Gasteiger partial charge in [-0.25, -0.2) is 9.78 Å². The second-order valence-electron chi connectivity index (χ2n) is 4.74. The summed E-state index contributed by atoms with van der Waals surface area (Å²) >= 11 is 1.08. The third kappa shape index (κ3) is 3.32. The van der Waals surface area contributed by atoms with Gasteiger partial charge in [0, 0.05) is 6.04 Å². The maximum absolute atomic E-state index is 12.0. The molecule has 0 saturated heterocycles. The lowest BCUT2D eigenvalue weighted by Gasteiger charge is -2.16. The Morgan fingerprint density at radius 1 is 1.53 bits per heavy atom. The number of hydrogen-bond donors (Lipinski definition) is 1. The summed E-state index contributed by atoms with van der Waals surface area (Å²) < 4.78 is 4.85. The average Bonchev–Trinajstić information content (AvgIpc) is 2.99. The van der Waals surface area contributed by atoms with Crippen LogP contribution in [0.4, 0.5) is 0 Å². The molecule has 2 unspecified atom stereocenters. The van der Waals surface area contributed by atoms with Crippen LogP contribution in [0, 0.1) is 5.92 Å². The van der Waals surface area contributed by atoms with Gasteiger partial charge in [-0.15, -0.1) is 11.3 Å². The highest BCUT2D eigenvalue weighted by molar-refractivity contribution is 7.15. The third-order valence-corrected chi connectivity index (χ3v) is 4.33. The predicted octanol–water partition coefficient (Wildman–Crippen LogP) is 2.24. The van der Waals surface area contributed by atoms with Gasteiger partial charge in [-0.1, -0.05) is 13.3 Å². The fourth-order valence-electron chi connectivity index (χ4n) is 2.27. The highest BCUT2D eigenvalue weighted by Crippen LogP contribution is 2.25. The summed E-state index contributed by atoms with van der Waals surface area (Å²) in [4.78, 5) is 27.9. The Kier molecular flexibility index (Phi) is 4.52. The van der Waals surface area contributed by atoms with Crippen molar-refractivity contribution in [2.45, 2.75) is 39.2 Å². The standard InChI is InChI=1S/C13H18N2O3S/c1-3-18-13(17)12-14-7-10(19-12)11(16)15-9-6-4-5-8(9)2/h7-9H,3-6H2,1-2H3,(H,15,16). The van der Waals surface area contributed by atoms with Crippen LogP contribution in [0.1, 0.15) is 52.6 Å². The fraction of sp³-hybridized carbons (Fsp3) is 0.615. The molecular formula is C13H18N2O3S. The molecule has 1 fully saturated rings. The highest BCUT2D eigenvalue weighted by Gasteiger charge is 2.26. The summed E-state index contributed by atoms with van der Waals surface area (Å²) in [6, 6.07) is 0.237. The molecule has 0 spiro atoms. The van der Waals surface area contributed by atoms with Crippen molar-refractivity contribution in [1.29, 1.82) is 0 Å². The van der Waals surface area contributed by atoms with Crippen molar-refractivity contribution in [3.8, 4) is 0 Å². The van der Waals surface area contributed by atoms with E-state index in [4.69, 9.17) is 4.74 Å². The van der Waals surface area contributed by atoms with E-state index in [1.54, 1.807) is 6.92 Å². The van der Waals surface area contributed by atoms with Crippen molar-refractivity contribution in [3.05, 3.63) is 16.1 Å². The molecule has 5 nitrogen and oxygen atoms in total. The molecule has 6 heteroatoms. The summed E-state index contributed by atoms with van der Waals surface area (Å²) in [5.41, 5.74) is 0. The topological polar surface area (TPSA) is 68.3 Å². The second kappa shape index (κ2) is 6.14. The summed E-state index contributed by atoms with van der Waals surface area (Å²) in [5.74, 6) is -0.103. The molecule has 1 aromatic heterocycles. The first-order valence-electron chi connectivity index (χ1n) is 6.55. The van der Waals surface area contributed by atoms with Gasteiger partial charge >= 0.3 is 5.97 Å². The fourth-order valence-corrected chi connectivity index (χ4v) is 2.98. The van der Waals surface area contributed by atoms with Crippen LogP contribution in [-0.2, 0) is 4.74 Å². The lowest BCUT2D eigenvalue weighted by molar-refractivity contribution is 0.0526. The van der Waals surface area contributed by atoms with Crippen LogP contribution in [0.3, 0.4) is 0 Å². The molecule has 1 heterocycles. The van der Waals surface area contributed by atoms with Gasteiger partial charge in [0.05, 0.1) is 12.8 Å². The zero-order valence-corrected chi connectivity index (χ0v) is 12.0. The number of carbonyl (C=O) groups is 2. The molecule has 1 N–H and O–H groups in total. The van der Waals surface area contributed by atoms with Crippen molar-refractivity contribution >= 4 is 23.2 Å². The van der Waals surface area contributed by atoms with Crippen LogP contribution in [0.15, 0.2) is 6.20 Å². The molecular weight excluding hydrogens is 264 g/mol. The number of amides is 1. The number of carbonyl (C=O) groups excluding carboxylic acids is 2. The molecule has 0 aromatic carbocycles. The summed E-state index contributed by atoms with van der Waals surface area (Å²) in [7, 11) is 0. The predicted molar refractivity (Wildman–Crippen MR) is 72.3 cm³/mol. The largest absolute Gasteiger partial charge is 0.461 e. The van der Waals surface area contributed by atoms with Crippen molar-refractivity contribution < 1.29 is 14.3 Å². The molecule has 1 aliphatic carbocycles. The summed E-state index contributed by atoms with van der Waals surface area (Å²) in [6.45, 7) is 4.19. The molecule has 19 heavy (non-hydrogen) atoms. The Morgan fingerprint density at radius 2 is 2.32 bits per heavy atom. The van der Waals surface area contributed by atoms with Crippen LogP contribution >= 0.6 is 11.3 Å². The van der Waals surface area contributed by atoms with E-state index in [-0.39, 0.29) is 17.0 Å². The Hall–Kier alpha value is -1.43. The number of nitrogens with zero attached hydrogens (tertiary/aromatic N) is 1. The van der Waals surface area contributed by atoms with E-state index >= 15 is 0 Å². The molecule has 104 valence electrons. The number of esters is 1. The Morgan fingerprint density at radius 3 is 2.95 bits per heavy atom. The number of thiazole rings is 1. The van der Waals surface area contributed by atoms with Gasteiger partial charge in [0.25, 0.3) is 5.91 Å². The Balaban J connectivity index is 1.98. The smallest absolute Gasteiger partial charge is 0.367 e. The summed E-state index contributed by atoms with van der Waals surface area (Å²) in [6.07, 6.45) is 4.77. The normalized spacial score (nSPS) is 22.2. The van der Waals surface area contributed by atoms with Gasteiger partial charge in [-0.05, 0) is 25.7 Å². The van der Waals surface area contributed by atoms with Gasteiger partial charge in [0.15, 0.2) is 0 Å². The number of ether oxygens (including phenoxy) is 1. The van der Waals surface area contributed by atoms with Gasteiger partial charge in [-0.2, -0.15) is 0 Å². The second-order valence-corrected chi connectivity index (χ2v) is 5.77. The molecule has 0 radical (unpaired) electrons. The van der Waals surface area contributed by atoms with Crippen molar-refractivity contribution in [3.63, 3.8) is 0 Å². The maximum atomic E-state index is 12.0. The van der Waals surface area contributed by atoms with E-state index in [1.807, 2.05) is 0 Å². The monoisotopic (exact) mass is 282 g/mol. The van der Waals surface area contributed by atoms with Crippen LogP contribution < -0.4 is 5.32 Å². The quantitative estimate of drug-likeness (QED) is 0.860. The first-order chi connectivity index (χ1) is 9.11. The van der Waals surface area contributed by atoms with E-state index < -0.39 is 5.97 Å². The minimum atomic E-state index is -0.471. The molecule has 2 rings (SSSR count). The number of hydrogen-bond acceptors (Lipinski definition) is 5. The first-order valence-corrected chi connectivity index (χ1v) is 7.37. The SMILES string of the molecule is CCOC(=O)c1ncc(C(=O)NC2CCCC2C)s1. The first kappa shape index (κ1) is 14.0. The van der Waals surface area contributed by atoms with E-state index in [2.05, 4.69) is 17.2 Å². The average molecular weight is 282 g/mol. The van der Waals surface area contributed by atoms with Gasteiger partial charge in [0.2, 0.25) is 5.01 Å². The zero-order chi connectivity index (χ0) is 13.8. The molecule has 1 aromatic rings. The van der Waals surface area contributed by atoms with E-state index in [9.17, 15) is 9.59 Å². The number of nitrogens with one attached hydrogen (secondary N) is 1. The van der Waals surface area contributed by atoms with Crippen molar-refractivity contribution in [2.24, 2.45) is 5.92 Å². The van der Waals surface area contributed by atoms with Gasteiger partial charge < -0.3 is 10.1 Å².